The van der Waals surface area contributed by atoms with Crippen LogP contribution in [0.2, 0.25) is 19.6 Å². The van der Waals surface area contributed by atoms with Crippen LogP contribution in [0.5, 0.6) is 0 Å². The van der Waals surface area contributed by atoms with Gasteiger partial charge in [0.15, 0.2) is 0 Å². The number of hydrogen-bond donors (Lipinski definition) is 1. The van der Waals surface area contributed by atoms with Crippen LogP contribution in [0.3, 0.4) is 0 Å². The predicted octanol–water partition coefficient (Wildman–Crippen LogP) is -1.35. The van der Waals surface area contributed by atoms with Crippen molar-refractivity contribution in [1.82, 2.24) is 0 Å². The molecule has 0 aromatic heterocycles. The van der Waals surface area contributed by atoms with Crippen LogP contribution in [-0.2, 0) is 22.5 Å². The van der Waals surface area contributed by atoms with Gasteiger partial charge in [0, 0.05) is 18.2 Å². The molecular weight excluding hydrogens is 495 g/mol. The fourth-order valence-corrected chi connectivity index (χ4v) is 2.88. The van der Waals surface area contributed by atoms with Crippen molar-refractivity contribution in [2.75, 3.05) is 7.11 Å². The molecule has 4 nitrogen and oxygen atoms in total. The Labute approximate surface area is 294 Å². The van der Waals surface area contributed by atoms with Gasteiger partial charge in [0.1, 0.15) is 8.07 Å². The Morgan fingerprint density at radius 3 is 1.53 bits per heavy atom. The van der Waals surface area contributed by atoms with Gasteiger partial charge < -0.3 is 16.7 Å². The summed E-state index contributed by atoms with van der Waals surface area (Å²) in [6.07, 6.45) is 9.93. The van der Waals surface area contributed by atoms with Crippen molar-refractivity contribution in [3.05, 3.63) is 70.8 Å². The summed E-state index contributed by atoms with van der Waals surface area (Å²) in [6.45, 7) is 11.0. The van der Waals surface area contributed by atoms with Gasteiger partial charge in [-0.1, -0.05) is 82.4 Å². The summed E-state index contributed by atoms with van der Waals surface area (Å²) in [4.78, 5) is 11.2. The molecule has 0 fully saturated rings. The molecule has 0 bridgehead atoms. The van der Waals surface area contributed by atoms with Crippen LogP contribution in [0.1, 0.15) is 50.4 Å². The molecule has 0 saturated carbocycles. The van der Waals surface area contributed by atoms with E-state index in [1.807, 2.05) is 12.1 Å². The van der Waals surface area contributed by atoms with Gasteiger partial charge >= 0.3 is 103 Å². The van der Waals surface area contributed by atoms with E-state index in [1.165, 1.54) is 30.4 Å². The van der Waals surface area contributed by atoms with Gasteiger partial charge in [-0.25, -0.2) is 0 Å². The van der Waals surface area contributed by atoms with Crippen LogP contribution in [-0.4, -0.2) is 26.8 Å². The first kappa shape index (κ1) is 41.6. The Morgan fingerprint density at radius 1 is 0.912 bits per heavy atom. The first-order chi connectivity index (χ1) is 15.3. The molecule has 7 heteroatoms. The van der Waals surface area contributed by atoms with E-state index in [9.17, 15) is 0 Å². The van der Waals surface area contributed by atoms with Gasteiger partial charge in [0.2, 0.25) is 0 Å². The van der Waals surface area contributed by atoms with E-state index in [4.69, 9.17) is 21.6 Å². The third-order valence-electron chi connectivity index (χ3n) is 3.77. The van der Waals surface area contributed by atoms with Crippen molar-refractivity contribution >= 4 is 14.5 Å². The molecule has 0 atom stereocenters. The average molecular weight is 533 g/mol. The fraction of sp³-hybridized carbons (Fsp3) is 0.370. The second-order valence-electron chi connectivity index (χ2n) is 7.73. The van der Waals surface area contributed by atoms with Crippen molar-refractivity contribution in [1.29, 1.82) is 0 Å². The van der Waals surface area contributed by atoms with Crippen LogP contribution < -0.4 is 108 Å². The second-order valence-corrected chi connectivity index (χ2v) is 12.5. The van der Waals surface area contributed by atoms with Crippen molar-refractivity contribution in [3.63, 3.8) is 0 Å². The Kier molecular flexibility index (Phi) is 34.2. The van der Waals surface area contributed by atoms with Gasteiger partial charge in [0.05, 0.1) is 0 Å². The van der Waals surface area contributed by atoms with E-state index >= 15 is 0 Å². The van der Waals surface area contributed by atoms with Crippen molar-refractivity contribution < 1.29 is 124 Å². The van der Waals surface area contributed by atoms with Gasteiger partial charge in [-0.2, -0.15) is 0 Å². The van der Waals surface area contributed by atoms with Crippen molar-refractivity contribution in [2.24, 2.45) is 0 Å². The number of carbonyl (C=O) groups is 1. The van der Waals surface area contributed by atoms with Gasteiger partial charge in [-0.05, 0) is 48.2 Å². The molecule has 0 aliphatic carbocycles. The van der Waals surface area contributed by atoms with Crippen LogP contribution in [0.25, 0.3) is 0 Å². The standard InChI is InChI=1S/C14H20Si.C11H12.CH2O3.CH4O.2K.H/c1-5-6-13-7-9-14(10-8-13)11-12-15(2,3)4;1-3-5-11-8-6-10(4-2)7-9-11;2-1-4-3;1-2;;;/h7-10H,5-6H2,1-4H3;2,6-9H,3,5H2,1H3;1,3H;2H,1H3;;;/q;;;;2*+1;-1/p-1. The van der Waals surface area contributed by atoms with Crippen molar-refractivity contribution in [2.45, 2.75) is 59.2 Å². The fourth-order valence-electron chi connectivity index (χ4n) is 2.36. The third-order valence-corrected chi connectivity index (χ3v) is 4.65. The molecule has 2 aromatic carbocycles. The Hall–Kier alpha value is 0.440. The Balaban J connectivity index is -0.000000134. The Morgan fingerprint density at radius 2 is 1.26 bits per heavy atom. The number of hydrogen-bond acceptors (Lipinski definition) is 4. The zero-order chi connectivity index (χ0) is 24.8. The first-order valence-corrected chi connectivity index (χ1v) is 14.1. The molecule has 2 aromatic rings. The first-order valence-electron chi connectivity index (χ1n) is 10.6. The monoisotopic (exact) mass is 532 g/mol. The van der Waals surface area contributed by atoms with E-state index in [0.29, 0.717) is 0 Å². The summed E-state index contributed by atoms with van der Waals surface area (Å²) >= 11 is 0. The maximum Gasteiger partial charge on any atom is 1.00 e. The molecule has 0 heterocycles. The smallest absolute Gasteiger partial charge is 1.00 e. The van der Waals surface area contributed by atoms with E-state index in [0.717, 1.165) is 24.7 Å². The van der Waals surface area contributed by atoms with E-state index in [2.05, 4.69) is 92.2 Å². The van der Waals surface area contributed by atoms with Crippen LogP contribution in [0.15, 0.2) is 48.5 Å². The maximum absolute atomic E-state index is 8.64. The second kappa shape index (κ2) is 28.0. The zero-order valence-corrected chi connectivity index (χ0v) is 29.5. The number of aliphatic hydroxyl groups excluding tert-OH is 1. The van der Waals surface area contributed by atoms with Crippen molar-refractivity contribution in [3.8, 4) is 23.8 Å². The molecule has 0 aliphatic heterocycles. The molecule has 0 radical (unpaired) electrons. The number of benzene rings is 2. The van der Waals surface area contributed by atoms with E-state index < -0.39 is 8.07 Å². The van der Waals surface area contributed by atoms with Gasteiger partial charge in [0.25, 0.3) is 6.47 Å². The van der Waals surface area contributed by atoms with Gasteiger partial charge in [-0.15, -0.1) is 12.0 Å². The minimum atomic E-state index is -1.23. The minimum absolute atomic E-state index is 0. The molecule has 0 amide bonds. The van der Waals surface area contributed by atoms with Crippen LogP contribution in [0, 0.1) is 23.8 Å². The molecular formula is C27H38K2O4Si. The normalized spacial score (nSPS) is 8.44. The Bertz CT molecular complexity index is 835. The number of aliphatic hydroxyl groups is 1. The SMILES string of the molecule is C#Cc1ccc(CCC)cc1.CCCc1ccc(C#C[Si](C)(C)C)cc1.CO.O=CO[O-].[H-].[K+].[K+]. The number of carbonyl (C=O) groups excluding carboxylic acids is 1. The molecule has 0 saturated heterocycles. The number of aryl methyl sites for hydroxylation is 2. The van der Waals surface area contributed by atoms with E-state index in [1.54, 1.807) is 0 Å². The predicted molar refractivity (Wildman–Crippen MR) is 135 cm³/mol. The zero-order valence-electron chi connectivity index (χ0n) is 23.3. The maximum atomic E-state index is 8.64. The average Bonchev–Trinajstić information content (AvgIpc) is 2.81. The summed E-state index contributed by atoms with van der Waals surface area (Å²) in [5.74, 6) is 5.86. The summed E-state index contributed by atoms with van der Waals surface area (Å²) in [7, 11) is -0.230. The number of terminal acetylenes is 1. The summed E-state index contributed by atoms with van der Waals surface area (Å²) in [6, 6.07) is 16.8. The topological polar surface area (TPSA) is 69.6 Å². The summed E-state index contributed by atoms with van der Waals surface area (Å²) in [5.41, 5.74) is 8.27. The minimum Gasteiger partial charge on any atom is -1.00 e. The van der Waals surface area contributed by atoms with Crippen LogP contribution in [0.4, 0.5) is 0 Å². The molecule has 176 valence electrons. The molecule has 0 unspecified atom stereocenters. The number of rotatable bonds is 5. The summed E-state index contributed by atoms with van der Waals surface area (Å²) in [5, 5.41) is 15.4. The van der Waals surface area contributed by atoms with Crippen LogP contribution >= 0.6 is 0 Å². The molecule has 0 spiro atoms. The third kappa shape index (κ3) is 25.5. The van der Waals surface area contributed by atoms with Gasteiger partial charge in [-0.3, -0.25) is 4.79 Å². The quantitative estimate of drug-likeness (QED) is 0.170. The van der Waals surface area contributed by atoms with E-state index in [-0.39, 0.29) is 111 Å². The molecule has 1 N–H and O–H groups in total. The molecule has 34 heavy (non-hydrogen) atoms. The molecule has 2 rings (SSSR count). The molecule has 0 aliphatic rings. The largest absolute Gasteiger partial charge is 1.00 e. The summed E-state index contributed by atoms with van der Waals surface area (Å²) < 4.78 is 0.